The Morgan fingerprint density at radius 1 is 1.32 bits per heavy atom. The first-order chi connectivity index (χ1) is 9.31. The van der Waals surface area contributed by atoms with Crippen LogP contribution in [0.5, 0.6) is 5.75 Å². The molecule has 0 bridgehead atoms. The Morgan fingerprint density at radius 2 is 2.21 bits per heavy atom. The van der Waals surface area contributed by atoms with Gasteiger partial charge in [-0.3, -0.25) is 0 Å². The highest BCUT2D eigenvalue weighted by molar-refractivity contribution is 5.41. The molecule has 1 aliphatic heterocycles. The Morgan fingerprint density at radius 3 is 3.00 bits per heavy atom. The van der Waals surface area contributed by atoms with Crippen molar-refractivity contribution in [1.82, 2.24) is 0 Å². The molecule has 0 aromatic heterocycles. The lowest BCUT2D eigenvalue weighted by Crippen LogP contribution is -2.28. The van der Waals surface area contributed by atoms with Crippen LogP contribution in [0.15, 0.2) is 18.2 Å². The molecule has 2 heteroatoms. The Hall–Kier alpha value is -1.02. The fourth-order valence-corrected chi connectivity index (χ4v) is 3.82. The first-order valence-corrected chi connectivity index (χ1v) is 7.77. The monoisotopic (exact) mass is 259 g/mol. The second-order valence-corrected chi connectivity index (χ2v) is 6.16. The summed E-state index contributed by atoms with van der Waals surface area (Å²) in [6.45, 7) is 4.00. The van der Waals surface area contributed by atoms with E-state index in [1.165, 1.54) is 36.8 Å². The van der Waals surface area contributed by atoms with Crippen LogP contribution in [0.25, 0.3) is 0 Å². The summed E-state index contributed by atoms with van der Waals surface area (Å²) < 4.78 is 5.61. The van der Waals surface area contributed by atoms with Crippen LogP contribution in [0.3, 0.4) is 0 Å². The van der Waals surface area contributed by atoms with Gasteiger partial charge in [0, 0.05) is 6.42 Å². The van der Waals surface area contributed by atoms with Crippen molar-refractivity contribution in [2.75, 3.05) is 13.2 Å². The van der Waals surface area contributed by atoms with Crippen molar-refractivity contribution in [2.24, 2.45) is 17.6 Å². The van der Waals surface area contributed by atoms with Gasteiger partial charge in [0.15, 0.2) is 0 Å². The summed E-state index contributed by atoms with van der Waals surface area (Å²) in [6, 6.07) is 6.82. The standard InChI is InChI=1S/C17H25NO/c1-2-12-3-4-15(11-18)16(9-12)13-5-6-17-14(10-13)7-8-19-17/h5-6,10,12,15-16H,2-4,7-9,11,18H2,1H3. The Balaban J connectivity index is 1.85. The van der Waals surface area contributed by atoms with Gasteiger partial charge in [-0.25, -0.2) is 0 Å². The molecule has 2 N–H and O–H groups in total. The minimum Gasteiger partial charge on any atom is -0.493 e. The molecule has 3 atom stereocenters. The van der Waals surface area contributed by atoms with Crippen LogP contribution < -0.4 is 10.5 Å². The van der Waals surface area contributed by atoms with Gasteiger partial charge in [-0.2, -0.15) is 0 Å². The normalized spacial score (nSPS) is 29.9. The molecule has 1 aliphatic carbocycles. The van der Waals surface area contributed by atoms with Crippen molar-refractivity contribution in [1.29, 1.82) is 0 Å². The molecule has 0 radical (unpaired) electrons. The SMILES string of the molecule is CCC1CCC(CN)C(c2ccc3c(c2)CCO3)C1. The number of nitrogens with two attached hydrogens (primary N) is 1. The lowest BCUT2D eigenvalue weighted by atomic mass is 9.70. The summed E-state index contributed by atoms with van der Waals surface area (Å²) in [5, 5.41) is 0. The Labute approximate surface area is 116 Å². The van der Waals surface area contributed by atoms with Crippen LogP contribution in [0.1, 0.15) is 49.7 Å². The minimum absolute atomic E-state index is 0.662. The van der Waals surface area contributed by atoms with E-state index in [1.54, 1.807) is 0 Å². The summed E-state index contributed by atoms with van der Waals surface area (Å²) in [6.07, 6.45) is 6.36. The van der Waals surface area contributed by atoms with Crippen molar-refractivity contribution in [2.45, 2.75) is 44.9 Å². The molecule has 1 fully saturated rings. The van der Waals surface area contributed by atoms with E-state index in [0.717, 1.165) is 31.2 Å². The molecule has 2 nitrogen and oxygen atoms in total. The van der Waals surface area contributed by atoms with E-state index in [-0.39, 0.29) is 0 Å². The summed E-state index contributed by atoms with van der Waals surface area (Å²) in [5.74, 6) is 3.31. The lowest BCUT2D eigenvalue weighted by Gasteiger charge is -2.36. The summed E-state index contributed by atoms with van der Waals surface area (Å²) in [7, 11) is 0. The fraction of sp³-hybridized carbons (Fsp3) is 0.647. The fourth-order valence-electron chi connectivity index (χ4n) is 3.82. The third kappa shape index (κ3) is 2.51. The van der Waals surface area contributed by atoms with Gasteiger partial charge in [0.25, 0.3) is 0 Å². The Bertz CT molecular complexity index is 443. The van der Waals surface area contributed by atoms with Crippen LogP contribution in [0.4, 0.5) is 0 Å². The third-order valence-electron chi connectivity index (χ3n) is 5.12. The Kier molecular flexibility index (Phi) is 3.79. The highest BCUT2D eigenvalue weighted by Crippen LogP contribution is 2.42. The predicted molar refractivity (Wildman–Crippen MR) is 78.6 cm³/mol. The second-order valence-electron chi connectivity index (χ2n) is 6.16. The minimum atomic E-state index is 0.662. The molecule has 0 saturated heterocycles. The van der Waals surface area contributed by atoms with Crippen molar-refractivity contribution in [3.8, 4) is 5.75 Å². The van der Waals surface area contributed by atoms with Crippen LogP contribution in [-0.2, 0) is 6.42 Å². The number of hydrogen-bond acceptors (Lipinski definition) is 2. The van der Waals surface area contributed by atoms with E-state index in [1.807, 2.05) is 0 Å². The van der Waals surface area contributed by atoms with Crippen LogP contribution in [-0.4, -0.2) is 13.2 Å². The van der Waals surface area contributed by atoms with Gasteiger partial charge in [-0.1, -0.05) is 31.9 Å². The van der Waals surface area contributed by atoms with E-state index < -0.39 is 0 Å². The quantitative estimate of drug-likeness (QED) is 0.902. The first-order valence-electron chi connectivity index (χ1n) is 7.77. The van der Waals surface area contributed by atoms with Gasteiger partial charge in [0.2, 0.25) is 0 Å². The number of fused-ring (bicyclic) bond motifs is 1. The van der Waals surface area contributed by atoms with Gasteiger partial charge < -0.3 is 10.5 Å². The average Bonchev–Trinajstić information content (AvgIpc) is 2.93. The smallest absolute Gasteiger partial charge is 0.122 e. The molecule has 1 heterocycles. The highest BCUT2D eigenvalue weighted by Gasteiger charge is 2.30. The van der Waals surface area contributed by atoms with Gasteiger partial charge in [0.05, 0.1) is 6.61 Å². The van der Waals surface area contributed by atoms with E-state index in [0.29, 0.717) is 11.8 Å². The predicted octanol–water partition coefficient (Wildman–Crippen LogP) is 3.49. The molecular weight excluding hydrogens is 234 g/mol. The highest BCUT2D eigenvalue weighted by atomic mass is 16.5. The van der Waals surface area contributed by atoms with Crippen molar-refractivity contribution < 1.29 is 4.74 Å². The van der Waals surface area contributed by atoms with Crippen molar-refractivity contribution in [3.05, 3.63) is 29.3 Å². The molecule has 104 valence electrons. The molecule has 1 aromatic carbocycles. The lowest BCUT2D eigenvalue weighted by molar-refractivity contribution is 0.236. The molecular formula is C17H25NO. The number of ether oxygens (including phenoxy) is 1. The summed E-state index contributed by atoms with van der Waals surface area (Å²) in [5.41, 5.74) is 8.90. The zero-order valence-corrected chi connectivity index (χ0v) is 11.9. The molecule has 3 unspecified atom stereocenters. The van der Waals surface area contributed by atoms with Crippen molar-refractivity contribution >= 4 is 0 Å². The van der Waals surface area contributed by atoms with E-state index >= 15 is 0 Å². The molecule has 3 rings (SSSR count). The number of hydrogen-bond donors (Lipinski definition) is 1. The molecule has 0 amide bonds. The van der Waals surface area contributed by atoms with Crippen LogP contribution in [0, 0.1) is 11.8 Å². The maximum Gasteiger partial charge on any atom is 0.122 e. The zero-order chi connectivity index (χ0) is 13.2. The van der Waals surface area contributed by atoms with Crippen molar-refractivity contribution in [3.63, 3.8) is 0 Å². The summed E-state index contributed by atoms with van der Waals surface area (Å²) >= 11 is 0. The molecule has 1 saturated carbocycles. The summed E-state index contributed by atoms with van der Waals surface area (Å²) in [4.78, 5) is 0. The maximum absolute atomic E-state index is 6.01. The first kappa shape index (κ1) is 13.0. The zero-order valence-electron chi connectivity index (χ0n) is 11.9. The van der Waals surface area contributed by atoms with E-state index in [9.17, 15) is 0 Å². The van der Waals surface area contributed by atoms with Gasteiger partial charge in [0.1, 0.15) is 5.75 Å². The van der Waals surface area contributed by atoms with Gasteiger partial charge in [-0.15, -0.1) is 0 Å². The molecule has 19 heavy (non-hydrogen) atoms. The molecule has 1 aromatic rings. The topological polar surface area (TPSA) is 35.2 Å². The van der Waals surface area contributed by atoms with E-state index in [2.05, 4.69) is 25.1 Å². The molecule has 2 aliphatic rings. The number of benzene rings is 1. The van der Waals surface area contributed by atoms with Gasteiger partial charge >= 0.3 is 0 Å². The van der Waals surface area contributed by atoms with Crippen LogP contribution >= 0.6 is 0 Å². The van der Waals surface area contributed by atoms with E-state index in [4.69, 9.17) is 10.5 Å². The maximum atomic E-state index is 6.01. The van der Waals surface area contributed by atoms with Crippen LogP contribution in [0.2, 0.25) is 0 Å². The number of rotatable bonds is 3. The largest absolute Gasteiger partial charge is 0.493 e. The van der Waals surface area contributed by atoms with Gasteiger partial charge in [-0.05, 0) is 54.3 Å². The third-order valence-corrected chi connectivity index (χ3v) is 5.12. The molecule has 0 spiro atoms. The second kappa shape index (κ2) is 5.54. The average molecular weight is 259 g/mol.